The first kappa shape index (κ1) is 18.6. The molecule has 1 saturated heterocycles. The Bertz CT molecular complexity index is 822. The molecular formula is C20H24N4O3. The van der Waals surface area contributed by atoms with Crippen molar-refractivity contribution in [1.82, 2.24) is 4.90 Å². The molecule has 0 unspecified atom stereocenters. The fourth-order valence-electron chi connectivity index (χ4n) is 3.41. The van der Waals surface area contributed by atoms with E-state index in [0.29, 0.717) is 30.0 Å². The number of para-hydroxylation sites is 2. The highest BCUT2D eigenvalue weighted by Crippen LogP contribution is 2.24. The second-order valence-electron chi connectivity index (χ2n) is 6.55. The Hall–Kier alpha value is -3.22. The minimum absolute atomic E-state index is 0.00321. The van der Waals surface area contributed by atoms with Crippen molar-refractivity contribution >= 4 is 29.1 Å². The van der Waals surface area contributed by atoms with Gasteiger partial charge in [0, 0.05) is 30.9 Å². The lowest BCUT2D eigenvalue weighted by Gasteiger charge is -2.25. The molecule has 1 atom stereocenters. The predicted octanol–water partition coefficient (Wildman–Crippen LogP) is 3.10. The summed E-state index contributed by atoms with van der Waals surface area (Å²) in [6.45, 7) is 3.78. The van der Waals surface area contributed by atoms with Crippen LogP contribution in [0.4, 0.5) is 21.9 Å². The third kappa shape index (κ3) is 4.13. The second kappa shape index (κ2) is 7.99. The first-order chi connectivity index (χ1) is 13.0. The number of carbonyl (C=O) groups is 2. The molecule has 2 amide bonds. The molecule has 7 nitrogen and oxygen atoms in total. The van der Waals surface area contributed by atoms with Crippen LogP contribution in [-0.2, 0) is 0 Å². The number of benzene rings is 2. The number of amides is 2. The van der Waals surface area contributed by atoms with Gasteiger partial charge < -0.3 is 26.0 Å². The topological polar surface area (TPSA) is 98.9 Å². The number of carbonyl (C=O) groups excluding carboxylic acids is 1. The van der Waals surface area contributed by atoms with Gasteiger partial charge in [-0.15, -0.1) is 0 Å². The molecule has 1 fully saturated rings. The molecule has 0 aliphatic carbocycles. The molecule has 0 bridgehead atoms. The summed E-state index contributed by atoms with van der Waals surface area (Å²) in [7, 11) is 0. The SMILES string of the molecule is CCN(C(=O)O)[C@H]1CCN(c2ccc(C(=O)Nc3ccccc3N)cc2)C1. The molecule has 1 aliphatic rings. The van der Waals surface area contributed by atoms with Crippen molar-refractivity contribution in [1.29, 1.82) is 0 Å². The van der Waals surface area contributed by atoms with Gasteiger partial charge in [-0.3, -0.25) is 4.79 Å². The summed E-state index contributed by atoms with van der Waals surface area (Å²) in [6, 6.07) is 14.4. The Labute approximate surface area is 158 Å². The van der Waals surface area contributed by atoms with Crippen molar-refractivity contribution in [3.8, 4) is 0 Å². The highest BCUT2D eigenvalue weighted by molar-refractivity contribution is 6.05. The smallest absolute Gasteiger partial charge is 0.407 e. The zero-order valence-electron chi connectivity index (χ0n) is 15.3. The van der Waals surface area contributed by atoms with Gasteiger partial charge in [0.25, 0.3) is 5.91 Å². The maximum Gasteiger partial charge on any atom is 0.407 e. The van der Waals surface area contributed by atoms with Gasteiger partial charge in [-0.2, -0.15) is 0 Å². The number of hydrogen-bond donors (Lipinski definition) is 3. The maximum absolute atomic E-state index is 12.4. The van der Waals surface area contributed by atoms with Crippen molar-refractivity contribution in [2.75, 3.05) is 35.6 Å². The van der Waals surface area contributed by atoms with Crippen LogP contribution in [0.3, 0.4) is 0 Å². The first-order valence-corrected chi connectivity index (χ1v) is 9.00. The van der Waals surface area contributed by atoms with Crippen molar-refractivity contribution in [2.45, 2.75) is 19.4 Å². The molecule has 1 heterocycles. The summed E-state index contributed by atoms with van der Waals surface area (Å²) in [5, 5.41) is 12.1. The van der Waals surface area contributed by atoms with Crippen LogP contribution in [0.25, 0.3) is 0 Å². The predicted molar refractivity (Wildman–Crippen MR) is 106 cm³/mol. The number of nitrogens with two attached hydrogens (primary N) is 1. The number of nitrogen functional groups attached to an aromatic ring is 1. The van der Waals surface area contributed by atoms with E-state index in [4.69, 9.17) is 5.73 Å². The summed E-state index contributed by atoms with van der Waals surface area (Å²) in [5.41, 5.74) is 8.48. The van der Waals surface area contributed by atoms with E-state index in [1.807, 2.05) is 31.2 Å². The fraction of sp³-hybridized carbons (Fsp3) is 0.300. The Morgan fingerprint density at radius 1 is 1.22 bits per heavy atom. The number of nitrogens with zero attached hydrogens (tertiary/aromatic N) is 2. The molecular weight excluding hydrogens is 344 g/mol. The molecule has 1 aliphatic heterocycles. The van der Waals surface area contributed by atoms with Gasteiger partial charge in [-0.25, -0.2) is 4.79 Å². The summed E-state index contributed by atoms with van der Waals surface area (Å²) < 4.78 is 0. The lowest BCUT2D eigenvalue weighted by Crippen LogP contribution is -2.41. The Balaban J connectivity index is 1.65. The third-order valence-electron chi connectivity index (χ3n) is 4.89. The van der Waals surface area contributed by atoms with Crippen LogP contribution in [0.2, 0.25) is 0 Å². The number of rotatable bonds is 5. The van der Waals surface area contributed by atoms with Crippen molar-refractivity contribution in [2.24, 2.45) is 0 Å². The number of hydrogen-bond acceptors (Lipinski definition) is 4. The number of anilines is 3. The molecule has 4 N–H and O–H groups in total. The van der Waals surface area contributed by atoms with E-state index in [1.165, 1.54) is 4.90 Å². The van der Waals surface area contributed by atoms with Crippen LogP contribution in [-0.4, -0.2) is 47.7 Å². The highest BCUT2D eigenvalue weighted by atomic mass is 16.4. The second-order valence-corrected chi connectivity index (χ2v) is 6.55. The molecule has 0 spiro atoms. The van der Waals surface area contributed by atoms with Crippen LogP contribution >= 0.6 is 0 Å². The van der Waals surface area contributed by atoms with Gasteiger partial charge in [0.2, 0.25) is 0 Å². The van der Waals surface area contributed by atoms with Crippen LogP contribution in [0.5, 0.6) is 0 Å². The lowest BCUT2D eigenvalue weighted by atomic mass is 10.1. The van der Waals surface area contributed by atoms with Crippen molar-refractivity contribution in [3.63, 3.8) is 0 Å². The van der Waals surface area contributed by atoms with Crippen LogP contribution < -0.4 is 16.0 Å². The van der Waals surface area contributed by atoms with Gasteiger partial charge in [-0.05, 0) is 49.7 Å². The monoisotopic (exact) mass is 368 g/mol. The van der Waals surface area contributed by atoms with E-state index in [1.54, 1.807) is 24.3 Å². The largest absolute Gasteiger partial charge is 0.465 e. The zero-order valence-corrected chi connectivity index (χ0v) is 15.3. The fourth-order valence-corrected chi connectivity index (χ4v) is 3.41. The number of nitrogens with one attached hydrogen (secondary N) is 1. The normalized spacial score (nSPS) is 16.2. The minimum atomic E-state index is -0.878. The lowest BCUT2D eigenvalue weighted by molar-refractivity contribution is 0.102. The summed E-state index contributed by atoms with van der Waals surface area (Å²) in [4.78, 5) is 27.3. The molecule has 0 radical (unpaired) electrons. The van der Waals surface area contributed by atoms with Gasteiger partial charge in [0.05, 0.1) is 17.4 Å². The number of carboxylic acid groups (broad SMARTS) is 1. The quantitative estimate of drug-likeness (QED) is 0.705. The molecule has 0 saturated carbocycles. The van der Waals surface area contributed by atoms with Crippen molar-refractivity contribution in [3.05, 3.63) is 54.1 Å². The van der Waals surface area contributed by atoms with E-state index in [9.17, 15) is 14.7 Å². The summed E-state index contributed by atoms with van der Waals surface area (Å²) in [5.74, 6) is -0.221. The van der Waals surface area contributed by atoms with Crippen LogP contribution in [0.1, 0.15) is 23.7 Å². The highest BCUT2D eigenvalue weighted by Gasteiger charge is 2.29. The molecule has 7 heteroatoms. The summed E-state index contributed by atoms with van der Waals surface area (Å²) >= 11 is 0. The van der Waals surface area contributed by atoms with Gasteiger partial charge >= 0.3 is 6.09 Å². The molecule has 2 aromatic rings. The molecule has 2 aromatic carbocycles. The first-order valence-electron chi connectivity index (χ1n) is 9.00. The van der Waals surface area contributed by atoms with Crippen molar-refractivity contribution < 1.29 is 14.7 Å². The Morgan fingerprint density at radius 2 is 1.93 bits per heavy atom. The third-order valence-corrected chi connectivity index (χ3v) is 4.89. The molecule has 27 heavy (non-hydrogen) atoms. The van der Waals surface area contributed by atoms with Crippen LogP contribution in [0.15, 0.2) is 48.5 Å². The Kier molecular flexibility index (Phi) is 5.49. The number of likely N-dealkylation sites (N-methyl/N-ethyl adjacent to an activating group) is 1. The van der Waals surface area contributed by atoms with Gasteiger partial charge in [0.15, 0.2) is 0 Å². The van der Waals surface area contributed by atoms with Gasteiger partial charge in [-0.1, -0.05) is 12.1 Å². The van der Waals surface area contributed by atoms with E-state index in [0.717, 1.165) is 18.7 Å². The van der Waals surface area contributed by atoms with E-state index in [2.05, 4.69) is 10.2 Å². The minimum Gasteiger partial charge on any atom is -0.465 e. The Morgan fingerprint density at radius 3 is 2.56 bits per heavy atom. The van der Waals surface area contributed by atoms with E-state index >= 15 is 0 Å². The average molecular weight is 368 g/mol. The standard InChI is InChI=1S/C20H24N4O3/c1-2-24(20(26)27)16-11-12-23(13-16)15-9-7-14(8-10-15)19(25)22-18-6-4-3-5-17(18)21/h3-10,16H,2,11-13,21H2,1H3,(H,22,25)(H,26,27)/t16-/m0/s1. The molecule has 142 valence electrons. The molecule has 3 rings (SSSR count). The molecule has 0 aromatic heterocycles. The summed E-state index contributed by atoms with van der Waals surface area (Å²) in [6.07, 6.45) is -0.0769. The zero-order chi connectivity index (χ0) is 19.4. The van der Waals surface area contributed by atoms with Crippen LogP contribution in [0, 0.1) is 0 Å². The van der Waals surface area contributed by atoms with E-state index < -0.39 is 6.09 Å². The van der Waals surface area contributed by atoms with E-state index in [-0.39, 0.29) is 11.9 Å². The maximum atomic E-state index is 12.4. The average Bonchev–Trinajstić information content (AvgIpc) is 3.13. The van der Waals surface area contributed by atoms with Gasteiger partial charge in [0.1, 0.15) is 0 Å².